The molecule has 1 unspecified atom stereocenters. The summed E-state index contributed by atoms with van der Waals surface area (Å²) in [4.78, 5) is 28.9. The van der Waals surface area contributed by atoms with E-state index in [1.54, 1.807) is 12.0 Å². The number of carbonyl (C=O) groups is 2. The predicted molar refractivity (Wildman–Crippen MR) is 128 cm³/mol. The summed E-state index contributed by atoms with van der Waals surface area (Å²) in [6.45, 7) is 13.7. The second-order valence-corrected chi connectivity index (χ2v) is 14.7. The Balaban J connectivity index is 1.92. The van der Waals surface area contributed by atoms with E-state index in [4.69, 9.17) is 13.9 Å². The number of hydrogen-bond donors (Lipinski definition) is 0. The fourth-order valence-electron chi connectivity index (χ4n) is 3.41. The molecule has 1 saturated heterocycles. The highest BCUT2D eigenvalue weighted by atomic mass is 28.4. The van der Waals surface area contributed by atoms with Crippen molar-refractivity contribution in [3.05, 3.63) is 35.9 Å². The van der Waals surface area contributed by atoms with Crippen LogP contribution in [0.2, 0.25) is 18.1 Å². The Morgan fingerprint density at radius 3 is 2.44 bits per heavy atom. The molecule has 1 aliphatic heterocycles. The summed E-state index contributed by atoms with van der Waals surface area (Å²) in [5.41, 5.74) is 0.940. The molecule has 7 nitrogen and oxygen atoms in total. The van der Waals surface area contributed by atoms with E-state index in [2.05, 4.69) is 33.9 Å². The number of ether oxygens (including phenoxy) is 2. The lowest BCUT2D eigenvalue weighted by Crippen LogP contribution is -2.46. The van der Waals surface area contributed by atoms with Crippen molar-refractivity contribution < 1.29 is 23.5 Å². The second kappa shape index (κ2) is 11.8. The van der Waals surface area contributed by atoms with Crippen molar-refractivity contribution in [3.63, 3.8) is 0 Å². The first-order valence-electron chi connectivity index (χ1n) is 11.4. The lowest BCUT2D eigenvalue weighted by molar-refractivity contribution is -0.134. The van der Waals surface area contributed by atoms with Crippen LogP contribution in [-0.4, -0.2) is 76.1 Å². The van der Waals surface area contributed by atoms with Crippen molar-refractivity contribution in [2.24, 2.45) is 0 Å². The van der Waals surface area contributed by atoms with Crippen LogP contribution in [0.4, 0.5) is 4.79 Å². The Hall–Kier alpha value is -1.90. The van der Waals surface area contributed by atoms with Crippen molar-refractivity contribution in [1.82, 2.24) is 9.80 Å². The molecule has 0 aromatic heterocycles. The maximum Gasteiger partial charge on any atom is 0.410 e. The minimum atomic E-state index is -1.85. The van der Waals surface area contributed by atoms with Gasteiger partial charge in [-0.3, -0.25) is 4.79 Å². The normalized spacial score (nSPS) is 16.6. The SMILES string of the molecule is COCC(CCO[Si](C)(C)C(C)(C)C)N1CCN(C(=O)OCc2ccccc2)CCC1=O. The third kappa shape index (κ3) is 7.60. The predicted octanol–water partition coefficient (Wildman–Crippen LogP) is 4.28. The summed E-state index contributed by atoms with van der Waals surface area (Å²) in [6, 6.07) is 9.52. The largest absolute Gasteiger partial charge is 0.445 e. The lowest BCUT2D eigenvalue weighted by atomic mass is 10.2. The van der Waals surface area contributed by atoms with Gasteiger partial charge in [-0.15, -0.1) is 0 Å². The first-order chi connectivity index (χ1) is 15.0. The number of amides is 2. The van der Waals surface area contributed by atoms with E-state index in [9.17, 15) is 9.59 Å². The molecule has 2 amide bonds. The number of methoxy groups -OCH3 is 1. The molecule has 0 N–H and O–H groups in total. The van der Waals surface area contributed by atoms with Gasteiger partial charge >= 0.3 is 6.09 Å². The van der Waals surface area contributed by atoms with Crippen LogP contribution in [-0.2, 0) is 25.3 Å². The highest BCUT2D eigenvalue weighted by molar-refractivity contribution is 6.74. The van der Waals surface area contributed by atoms with Gasteiger partial charge in [0.15, 0.2) is 8.32 Å². The van der Waals surface area contributed by atoms with Crippen LogP contribution in [0.3, 0.4) is 0 Å². The Bertz CT molecular complexity index is 736. The van der Waals surface area contributed by atoms with E-state index in [0.717, 1.165) is 5.56 Å². The molecule has 1 aromatic rings. The van der Waals surface area contributed by atoms with E-state index >= 15 is 0 Å². The van der Waals surface area contributed by atoms with Crippen LogP contribution in [0.5, 0.6) is 0 Å². The molecule has 0 saturated carbocycles. The van der Waals surface area contributed by atoms with Crippen molar-refractivity contribution in [3.8, 4) is 0 Å². The number of rotatable bonds is 9. The van der Waals surface area contributed by atoms with E-state index in [1.807, 2.05) is 35.2 Å². The fourth-order valence-corrected chi connectivity index (χ4v) is 4.47. The molecule has 2 rings (SSSR count). The summed E-state index contributed by atoms with van der Waals surface area (Å²) in [6.07, 6.45) is 0.613. The van der Waals surface area contributed by atoms with Gasteiger partial charge in [0.05, 0.1) is 12.6 Å². The molecule has 0 radical (unpaired) electrons. The van der Waals surface area contributed by atoms with Crippen LogP contribution in [0.1, 0.15) is 39.2 Å². The molecular formula is C24H40N2O5Si. The smallest absolute Gasteiger partial charge is 0.410 e. The van der Waals surface area contributed by atoms with Crippen molar-refractivity contribution in [2.75, 3.05) is 40.0 Å². The quantitative estimate of drug-likeness (QED) is 0.510. The summed E-state index contributed by atoms with van der Waals surface area (Å²) in [5, 5.41) is 0.142. The number of nitrogens with zero attached hydrogens (tertiary/aromatic N) is 2. The first kappa shape index (κ1) is 26.4. The molecule has 180 valence electrons. The third-order valence-electron chi connectivity index (χ3n) is 6.51. The zero-order chi connectivity index (χ0) is 23.8. The first-order valence-corrected chi connectivity index (χ1v) is 14.3. The molecule has 0 bridgehead atoms. The standard InChI is InChI=1S/C24H40N2O5Si/c1-24(2,3)32(5,6)31-17-13-21(19-29-4)26-16-15-25(14-12-22(26)27)23(28)30-18-20-10-8-7-9-11-20/h7-11,21H,12-19H2,1-6H3. The van der Waals surface area contributed by atoms with Crippen LogP contribution >= 0.6 is 0 Å². The molecule has 0 aliphatic carbocycles. The Labute approximate surface area is 194 Å². The Kier molecular flexibility index (Phi) is 9.73. The maximum absolute atomic E-state index is 12.9. The Morgan fingerprint density at radius 1 is 1.12 bits per heavy atom. The summed E-state index contributed by atoms with van der Waals surface area (Å²) in [5.74, 6) is 0.0396. The molecule has 1 atom stereocenters. The lowest BCUT2D eigenvalue weighted by Gasteiger charge is -2.37. The van der Waals surface area contributed by atoms with Crippen molar-refractivity contribution in [1.29, 1.82) is 0 Å². The highest BCUT2D eigenvalue weighted by Crippen LogP contribution is 2.36. The highest BCUT2D eigenvalue weighted by Gasteiger charge is 2.37. The molecular weight excluding hydrogens is 424 g/mol. The minimum absolute atomic E-state index is 0.0396. The van der Waals surface area contributed by atoms with Gasteiger partial charge in [-0.1, -0.05) is 51.1 Å². The Morgan fingerprint density at radius 2 is 1.81 bits per heavy atom. The summed E-state index contributed by atoms with van der Waals surface area (Å²) < 4.78 is 17.2. The van der Waals surface area contributed by atoms with Crippen LogP contribution in [0.25, 0.3) is 0 Å². The fraction of sp³-hybridized carbons (Fsp3) is 0.667. The van der Waals surface area contributed by atoms with Gasteiger partial charge in [-0.2, -0.15) is 0 Å². The average Bonchev–Trinajstić information content (AvgIpc) is 2.93. The van der Waals surface area contributed by atoms with Crippen molar-refractivity contribution >= 4 is 20.3 Å². The number of hydrogen-bond acceptors (Lipinski definition) is 5. The summed E-state index contributed by atoms with van der Waals surface area (Å²) in [7, 11) is -0.198. The van der Waals surface area contributed by atoms with Gasteiger partial charge in [0.2, 0.25) is 5.91 Å². The van der Waals surface area contributed by atoms with E-state index in [0.29, 0.717) is 39.3 Å². The average molecular weight is 465 g/mol. The van der Waals surface area contributed by atoms with Gasteiger partial charge < -0.3 is 23.7 Å². The molecule has 1 fully saturated rings. The van der Waals surface area contributed by atoms with Gasteiger partial charge in [-0.05, 0) is 30.1 Å². The second-order valence-electron chi connectivity index (χ2n) is 9.87. The van der Waals surface area contributed by atoms with Gasteiger partial charge in [0.1, 0.15) is 6.61 Å². The monoisotopic (exact) mass is 464 g/mol. The van der Waals surface area contributed by atoms with E-state index in [-0.39, 0.29) is 36.1 Å². The van der Waals surface area contributed by atoms with E-state index in [1.165, 1.54) is 0 Å². The van der Waals surface area contributed by atoms with E-state index < -0.39 is 8.32 Å². The van der Waals surface area contributed by atoms with Crippen molar-refractivity contribution in [2.45, 2.75) is 64.4 Å². The number of benzene rings is 1. The molecule has 32 heavy (non-hydrogen) atoms. The van der Waals surface area contributed by atoms with Gasteiger partial charge in [0, 0.05) is 39.8 Å². The third-order valence-corrected chi connectivity index (χ3v) is 11.0. The molecule has 0 spiro atoms. The molecule has 8 heteroatoms. The van der Waals surface area contributed by atoms with Crippen LogP contribution in [0.15, 0.2) is 30.3 Å². The zero-order valence-corrected chi connectivity index (χ0v) is 21.6. The minimum Gasteiger partial charge on any atom is -0.445 e. The van der Waals surface area contributed by atoms with Gasteiger partial charge in [0.25, 0.3) is 0 Å². The molecule has 1 heterocycles. The van der Waals surface area contributed by atoms with Crippen LogP contribution in [0, 0.1) is 0 Å². The van der Waals surface area contributed by atoms with Crippen LogP contribution < -0.4 is 0 Å². The molecule has 1 aliphatic rings. The zero-order valence-electron chi connectivity index (χ0n) is 20.6. The maximum atomic E-state index is 12.9. The number of carbonyl (C=O) groups excluding carboxylic acids is 2. The molecule has 1 aromatic carbocycles. The summed E-state index contributed by atoms with van der Waals surface area (Å²) >= 11 is 0. The topological polar surface area (TPSA) is 68.3 Å². The van der Waals surface area contributed by atoms with Gasteiger partial charge in [-0.25, -0.2) is 4.79 Å².